The van der Waals surface area contributed by atoms with E-state index >= 15 is 0 Å². The van der Waals surface area contributed by atoms with Crippen LogP contribution in [0.4, 0.5) is 0 Å². The molecule has 1 aromatic heterocycles. The van der Waals surface area contributed by atoms with Crippen molar-refractivity contribution in [3.63, 3.8) is 0 Å². The molecule has 0 saturated carbocycles. The van der Waals surface area contributed by atoms with Crippen molar-refractivity contribution >= 4 is 0 Å². The Morgan fingerprint density at radius 3 is 1.71 bits per heavy atom. The lowest BCUT2D eigenvalue weighted by molar-refractivity contribution is 0.171. The quantitative estimate of drug-likeness (QED) is 0.457. The van der Waals surface area contributed by atoms with Gasteiger partial charge in [-0.2, -0.15) is 5.10 Å². The fraction of sp³-hybridized carbons (Fsp3) is 0.200. The van der Waals surface area contributed by atoms with Crippen molar-refractivity contribution in [2.45, 2.75) is 26.3 Å². The fourth-order valence-electron chi connectivity index (χ4n) is 4.24. The summed E-state index contributed by atoms with van der Waals surface area (Å²) in [4.78, 5) is 4.27. The second-order valence-corrected chi connectivity index (χ2v) is 8.11. The van der Waals surface area contributed by atoms with Gasteiger partial charge in [-0.15, -0.1) is 0 Å². The summed E-state index contributed by atoms with van der Waals surface area (Å²) in [5, 5.41) is 4.59. The predicted octanol–water partition coefficient (Wildman–Crippen LogP) is 5.78. The Kier molecular flexibility index (Phi) is 4.60. The smallest absolute Gasteiger partial charge is 0.137 e. The van der Waals surface area contributed by atoms with Gasteiger partial charge in [0.25, 0.3) is 0 Å². The van der Waals surface area contributed by atoms with Gasteiger partial charge in [0.2, 0.25) is 0 Å². The number of aromatic nitrogens is 3. The molecular formula is C25H25N3. The van der Waals surface area contributed by atoms with Crippen LogP contribution in [0, 0.1) is 5.41 Å². The molecule has 4 aromatic rings. The highest BCUT2D eigenvalue weighted by molar-refractivity contribution is 5.64. The highest BCUT2D eigenvalue weighted by Gasteiger charge is 2.47. The van der Waals surface area contributed by atoms with Gasteiger partial charge >= 0.3 is 0 Å². The first kappa shape index (κ1) is 18.2. The van der Waals surface area contributed by atoms with Crippen LogP contribution in [0.25, 0.3) is 11.1 Å². The van der Waals surface area contributed by atoms with E-state index in [1.165, 1.54) is 22.3 Å². The highest BCUT2D eigenvalue weighted by Crippen LogP contribution is 2.47. The van der Waals surface area contributed by atoms with Gasteiger partial charge < -0.3 is 0 Å². The summed E-state index contributed by atoms with van der Waals surface area (Å²) in [5.74, 6) is 0. The summed E-state index contributed by atoms with van der Waals surface area (Å²) in [5.41, 5.74) is 4.20. The summed E-state index contributed by atoms with van der Waals surface area (Å²) >= 11 is 0. The zero-order valence-corrected chi connectivity index (χ0v) is 16.6. The number of hydrogen-bond acceptors (Lipinski definition) is 2. The maximum absolute atomic E-state index is 4.59. The van der Waals surface area contributed by atoms with Crippen molar-refractivity contribution in [3.05, 3.63) is 109 Å². The van der Waals surface area contributed by atoms with Gasteiger partial charge in [0.1, 0.15) is 18.2 Å². The van der Waals surface area contributed by atoms with Crippen LogP contribution in [-0.4, -0.2) is 14.8 Å². The van der Waals surface area contributed by atoms with Crippen LogP contribution in [0.3, 0.4) is 0 Å². The Morgan fingerprint density at radius 2 is 1.18 bits per heavy atom. The van der Waals surface area contributed by atoms with Gasteiger partial charge in [-0.25, -0.2) is 9.67 Å². The molecule has 0 bridgehead atoms. The first-order valence-corrected chi connectivity index (χ1v) is 9.60. The number of hydrogen-bond donors (Lipinski definition) is 0. The molecular weight excluding hydrogens is 342 g/mol. The Hall–Kier alpha value is -3.20. The van der Waals surface area contributed by atoms with Crippen molar-refractivity contribution in [1.29, 1.82) is 0 Å². The predicted molar refractivity (Wildman–Crippen MR) is 114 cm³/mol. The van der Waals surface area contributed by atoms with Crippen LogP contribution in [0.15, 0.2) is 97.6 Å². The Balaban J connectivity index is 1.94. The lowest BCUT2D eigenvalue weighted by Gasteiger charge is -2.45. The molecule has 0 aliphatic heterocycles. The van der Waals surface area contributed by atoms with E-state index in [1.807, 2.05) is 17.1 Å². The lowest BCUT2D eigenvalue weighted by Crippen LogP contribution is -2.48. The van der Waals surface area contributed by atoms with E-state index in [2.05, 4.69) is 110 Å². The molecule has 0 aliphatic carbocycles. The Labute approximate surface area is 166 Å². The molecule has 0 aliphatic rings. The summed E-state index contributed by atoms with van der Waals surface area (Å²) in [6.45, 7) is 6.77. The SMILES string of the molecule is CC(C)(C)C(c1ccccc1)(c1ccc(-c2ccccc2)cc1)n1cncn1. The maximum Gasteiger partial charge on any atom is 0.137 e. The van der Waals surface area contributed by atoms with Gasteiger partial charge in [-0.3, -0.25) is 0 Å². The molecule has 3 heteroatoms. The van der Waals surface area contributed by atoms with Crippen LogP contribution < -0.4 is 0 Å². The molecule has 4 rings (SSSR count). The van der Waals surface area contributed by atoms with E-state index in [4.69, 9.17) is 0 Å². The van der Waals surface area contributed by atoms with E-state index < -0.39 is 5.54 Å². The number of nitrogens with zero attached hydrogens (tertiary/aromatic N) is 3. The van der Waals surface area contributed by atoms with Crippen LogP contribution >= 0.6 is 0 Å². The van der Waals surface area contributed by atoms with Crippen LogP contribution in [0.2, 0.25) is 0 Å². The summed E-state index contributed by atoms with van der Waals surface area (Å²) in [6, 6.07) is 29.9. The molecule has 1 atom stereocenters. The molecule has 3 aromatic carbocycles. The second kappa shape index (κ2) is 7.08. The fourth-order valence-corrected chi connectivity index (χ4v) is 4.24. The van der Waals surface area contributed by atoms with Crippen molar-refractivity contribution in [2.24, 2.45) is 5.41 Å². The first-order chi connectivity index (χ1) is 13.5. The minimum atomic E-state index is -0.472. The normalized spacial score (nSPS) is 13.8. The molecule has 0 spiro atoms. The zero-order valence-electron chi connectivity index (χ0n) is 16.6. The molecule has 0 N–H and O–H groups in total. The van der Waals surface area contributed by atoms with E-state index in [9.17, 15) is 0 Å². The molecule has 3 nitrogen and oxygen atoms in total. The standard InChI is InChI=1S/C25H25N3/c1-24(2,3)25(28-19-26-18-27-28,22-12-8-5-9-13-22)23-16-14-21(15-17-23)20-10-6-4-7-11-20/h4-19H,1-3H3. The van der Waals surface area contributed by atoms with Crippen molar-refractivity contribution in [1.82, 2.24) is 14.8 Å². The number of rotatable bonds is 4. The van der Waals surface area contributed by atoms with E-state index in [0.29, 0.717) is 0 Å². The van der Waals surface area contributed by atoms with E-state index in [0.717, 1.165) is 0 Å². The van der Waals surface area contributed by atoms with Crippen molar-refractivity contribution in [2.75, 3.05) is 0 Å². The molecule has 0 saturated heterocycles. The van der Waals surface area contributed by atoms with Gasteiger partial charge in [-0.1, -0.05) is 106 Å². The minimum Gasteiger partial charge on any atom is -0.237 e. The minimum absolute atomic E-state index is 0.143. The molecule has 28 heavy (non-hydrogen) atoms. The van der Waals surface area contributed by atoms with Gasteiger partial charge in [0.15, 0.2) is 0 Å². The first-order valence-electron chi connectivity index (χ1n) is 9.60. The third-order valence-electron chi connectivity index (χ3n) is 5.45. The maximum atomic E-state index is 4.59. The summed E-state index contributed by atoms with van der Waals surface area (Å²) < 4.78 is 2.00. The molecule has 0 amide bonds. The average Bonchev–Trinajstić information content (AvgIpc) is 3.24. The monoisotopic (exact) mass is 367 g/mol. The third-order valence-corrected chi connectivity index (χ3v) is 5.45. The van der Waals surface area contributed by atoms with Gasteiger partial charge in [0, 0.05) is 0 Å². The van der Waals surface area contributed by atoms with Crippen molar-refractivity contribution < 1.29 is 0 Å². The van der Waals surface area contributed by atoms with Crippen molar-refractivity contribution in [3.8, 4) is 11.1 Å². The van der Waals surface area contributed by atoms with E-state index in [1.54, 1.807) is 6.33 Å². The third kappa shape index (κ3) is 2.93. The zero-order chi connectivity index (χ0) is 19.6. The van der Waals surface area contributed by atoms with Crippen LogP contribution in [0.1, 0.15) is 31.9 Å². The molecule has 1 unspecified atom stereocenters. The van der Waals surface area contributed by atoms with Crippen LogP contribution in [-0.2, 0) is 5.54 Å². The molecule has 1 heterocycles. The molecule has 0 radical (unpaired) electrons. The number of benzene rings is 3. The largest absolute Gasteiger partial charge is 0.237 e. The van der Waals surface area contributed by atoms with E-state index in [-0.39, 0.29) is 5.41 Å². The average molecular weight is 367 g/mol. The highest BCUT2D eigenvalue weighted by atomic mass is 15.4. The molecule has 140 valence electrons. The second-order valence-electron chi connectivity index (χ2n) is 8.11. The summed E-state index contributed by atoms with van der Waals surface area (Å²) in [7, 11) is 0. The summed E-state index contributed by atoms with van der Waals surface area (Å²) in [6.07, 6.45) is 3.44. The Morgan fingerprint density at radius 1 is 0.643 bits per heavy atom. The topological polar surface area (TPSA) is 30.7 Å². The van der Waals surface area contributed by atoms with Gasteiger partial charge in [-0.05, 0) is 27.7 Å². The Bertz CT molecular complexity index is 1010. The van der Waals surface area contributed by atoms with Crippen LogP contribution in [0.5, 0.6) is 0 Å². The van der Waals surface area contributed by atoms with Gasteiger partial charge in [0.05, 0.1) is 0 Å². The molecule has 0 fully saturated rings. The lowest BCUT2D eigenvalue weighted by atomic mass is 9.65.